The fourth-order valence-electron chi connectivity index (χ4n) is 2.97. The first-order valence-corrected chi connectivity index (χ1v) is 8.19. The highest BCUT2D eigenvalue weighted by atomic mass is 16.2. The van der Waals surface area contributed by atoms with Gasteiger partial charge in [0.2, 0.25) is 11.8 Å². The van der Waals surface area contributed by atoms with Crippen LogP contribution in [0, 0.1) is 5.92 Å². The fraction of sp³-hybridized carbons (Fsp3) is 0.867. The number of nitrogens with zero attached hydrogens (tertiary/aromatic N) is 2. The van der Waals surface area contributed by atoms with Gasteiger partial charge in [0.15, 0.2) is 0 Å². The first-order chi connectivity index (χ1) is 10.2. The van der Waals surface area contributed by atoms with Crippen LogP contribution in [0.2, 0.25) is 0 Å². The van der Waals surface area contributed by atoms with E-state index in [0.29, 0.717) is 6.54 Å². The Bertz CT molecular complexity index is 348. The Morgan fingerprint density at radius 2 is 2.00 bits per heavy atom. The van der Waals surface area contributed by atoms with Gasteiger partial charge in [-0.3, -0.25) is 14.5 Å². The van der Waals surface area contributed by atoms with Gasteiger partial charge in [0.25, 0.3) is 0 Å². The van der Waals surface area contributed by atoms with Gasteiger partial charge in [-0.15, -0.1) is 0 Å². The zero-order valence-electron chi connectivity index (χ0n) is 13.1. The molecule has 2 aliphatic heterocycles. The first-order valence-electron chi connectivity index (χ1n) is 8.19. The fourth-order valence-corrected chi connectivity index (χ4v) is 2.97. The molecule has 6 heteroatoms. The van der Waals surface area contributed by atoms with Crippen LogP contribution in [-0.4, -0.2) is 74.0 Å². The van der Waals surface area contributed by atoms with Gasteiger partial charge in [0.1, 0.15) is 0 Å². The number of carbonyl (C=O) groups is 2. The van der Waals surface area contributed by atoms with Crippen LogP contribution in [0.1, 0.15) is 26.2 Å². The molecule has 120 valence electrons. The second-order valence-electron chi connectivity index (χ2n) is 5.99. The van der Waals surface area contributed by atoms with E-state index in [4.69, 9.17) is 0 Å². The SMILES string of the molecule is CCCNC(=O)CN1CCN(C(=O)[C@@H]2CCCNC2)CC1. The molecule has 0 spiro atoms. The van der Waals surface area contributed by atoms with Crippen LogP contribution in [0.5, 0.6) is 0 Å². The lowest BCUT2D eigenvalue weighted by atomic mass is 9.98. The first kappa shape index (κ1) is 16.2. The molecule has 1 atom stereocenters. The van der Waals surface area contributed by atoms with Crippen molar-refractivity contribution < 1.29 is 9.59 Å². The maximum atomic E-state index is 12.4. The van der Waals surface area contributed by atoms with Crippen molar-refractivity contribution in [2.75, 3.05) is 52.4 Å². The Labute approximate surface area is 127 Å². The number of amides is 2. The third-order valence-electron chi connectivity index (χ3n) is 4.27. The van der Waals surface area contributed by atoms with Crippen LogP contribution >= 0.6 is 0 Å². The molecule has 6 nitrogen and oxygen atoms in total. The van der Waals surface area contributed by atoms with Gasteiger partial charge in [-0.2, -0.15) is 0 Å². The van der Waals surface area contributed by atoms with Crippen molar-refractivity contribution in [1.29, 1.82) is 0 Å². The minimum absolute atomic E-state index is 0.0908. The van der Waals surface area contributed by atoms with Crippen molar-refractivity contribution in [2.45, 2.75) is 26.2 Å². The zero-order valence-corrected chi connectivity index (χ0v) is 13.1. The lowest BCUT2D eigenvalue weighted by Gasteiger charge is -2.36. The lowest BCUT2D eigenvalue weighted by Crippen LogP contribution is -2.53. The van der Waals surface area contributed by atoms with Crippen molar-refractivity contribution >= 4 is 11.8 Å². The van der Waals surface area contributed by atoms with Crippen LogP contribution in [0.3, 0.4) is 0 Å². The van der Waals surface area contributed by atoms with E-state index >= 15 is 0 Å². The molecule has 2 aliphatic rings. The van der Waals surface area contributed by atoms with Crippen LogP contribution < -0.4 is 10.6 Å². The molecule has 2 fully saturated rings. The molecule has 0 aromatic rings. The van der Waals surface area contributed by atoms with Gasteiger partial charge in [-0.1, -0.05) is 6.92 Å². The number of carbonyl (C=O) groups excluding carboxylic acids is 2. The number of piperazine rings is 1. The summed E-state index contributed by atoms with van der Waals surface area (Å²) in [5, 5.41) is 6.19. The smallest absolute Gasteiger partial charge is 0.234 e. The van der Waals surface area contributed by atoms with Crippen LogP contribution in [0.15, 0.2) is 0 Å². The molecule has 2 heterocycles. The van der Waals surface area contributed by atoms with Crippen LogP contribution in [0.25, 0.3) is 0 Å². The molecular weight excluding hydrogens is 268 g/mol. The van der Waals surface area contributed by atoms with E-state index in [1.165, 1.54) is 0 Å². The monoisotopic (exact) mass is 296 g/mol. The predicted octanol–water partition coefficient (Wildman–Crippen LogP) is -0.344. The largest absolute Gasteiger partial charge is 0.355 e. The lowest BCUT2D eigenvalue weighted by molar-refractivity contribution is -0.138. The Morgan fingerprint density at radius 1 is 1.24 bits per heavy atom. The number of hydrogen-bond acceptors (Lipinski definition) is 4. The molecule has 0 aromatic carbocycles. The summed E-state index contributed by atoms with van der Waals surface area (Å²) in [7, 11) is 0. The molecule has 0 aromatic heterocycles. The summed E-state index contributed by atoms with van der Waals surface area (Å²) < 4.78 is 0. The second-order valence-corrected chi connectivity index (χ2v) is 5.99. The minimum Gasteiger partial charge on any atom is -0.355 e. The van der Waals surface area contributed by atoms with E-state index in [1.807, 2.05) is 11.8 Å². The quantitative estimate of drug-likeness (QED) is 0.728. The van der Waals surface area contributed by atoms with Crippen molar-refractivity contribution in [3.8, 4) is 0 Å². The molecule has 2 N–H and O–H groups in total. The summed E-state index contributed by atoms with van der Waals surface area (Å²) in [6.07, 6.45) is 3.06. The summed E-state index contributed by atoms with van der Waals surface area (Å²) in [6, 6.07) is 0. The van der Waals surface area contributed by atoms with E-state index in [0.717, 1.165) is 65.1 Å². The highest BCUT2D eigenvalue weighted by molar-refractivity contribution is 5.79. The summed E-state index contributed by atoms with van der Waals surface area (Å²) in [5.74, 6) is 0.531. The van der Waals surface area contributed by atoms with Crippen molar-refractivity contribution in [1.82, 2.24) is 20.4 Å². The van der Waals surface area contributed by atoms with Crippen LogP contribution in [-0.2, 0) is 9.59 Å². The summed E-state index contributed by atoms with van der Waals surface area (Å²) >= 11 is 0. The minimum atomic E-state index is 0.0908. The Balaban J connectivity index is 1.70. The van der Waals surface area contributed by atoms with E-state index in [-0.39, 0.29) is 17.7 Å². The highest BCUT2D eigenvalue weighted by Gasteiger charge is 2.28. The predicted molar refractivity (Wildman–Crippen MR) is 81.9 cm³/mol. The van der Waals surface area contributed by atoms with Gasteiger partial charge >= 0.3 is 0 Å². The average Bonchev–Trinajstić information content (AvgIpc) is 2.54. The average molecular weight is 296 g/mol. The molecule has 2 saturated heterocycles. The standard InChI is InChI=1S/C15H28N4O2/c1-2-5-17-14(20)12-18-7-9-19(10-8-18)15(21)13-4-3-6-16-11-13/h13,16H,2-12H2,1H3,(H,17,20)/t13-/m1/s1. The third-order valence-corrected chi connectivity index (χ3v) is 4.27. The van der Waals surface area contributed by atoms with Crippen molar-refractivity contribution in [2.24, 2.45) is 5.92 Å². The van der Waals surface area contributed by atoms with Gasteiger partial charge in [-0.25, -0.2) is 0 Å². The number of piperidine rings is 1. The molecule has 0 bridgehead atoms. The molecule has 0 radical (unpaired) electrons. The van der Waals surface area contributed by atoms with Gasteiger partial charge < -0.3 is 15.5 Å². The number of nitrogens with one attached hydrogen (secondary N) is 2. The van der Waals surface area contributed by atoms with E-state index < -0.39 is 0 Å². The van der Waals surface area contributed by atoms with Crippen molar-refractivity contribution in [3.63, 3.8) is 0 Å². The molecular formula is C15H28N4O2. The Hall–Kier alpha value is -1.14. The topological polar surface area (TPSA) is 64.7 Å². The Kier molecular flexibility index (Phi) is 6.45. The molecule has 2 amide bonds. The molecule has 0 aliphatic carbocycles. The summed E-state index contributed by atoms with van der Waals surface area (Å²) in [4.78, 5) is 28.2. The summed E-state index contributed by atoms with van der Waals surface area (Å²) in [5.41, 5.74) is 0. The van der Waals surface area contributed by atoms with Crippen molar-refractivity contribution in [3.05, 3.63) is 0 Å². The zero-order chi connectivity index (χ0) is 15.1. The third kappa shape index (κ3) is 4.97. The maximum absolute atomic E-state index is 12.4. The molecule has 0 unspecified atom stereocenters. The van der Waals surface area contributed by atoms with Crippen LogP contribution in [0.4, 0.5) is 0 Å². The Morgan fingerprint density at radius 3 is 2.62 bits per heavy atom. The molecule has 0 saturated carbocycles. The van der Waals surface area contributed by atoms with Gasteiger partial charge in [0.05, 0.1) is 12.5 Å². The van der Waals surface area contributed by atoms with E-state index in [9.17, 15) is 9.59 Å². The maximum Gasteiger partial charge on any atom is 0.234 e. The molecule has 21 heavy (non-hydrogen) atoms. The van der Waals surface area contributed by atoms with E-state index in [2.05, 4.69) is 15.5 Å². The summed E-state index contributed by atoms with van der Waals surface area (Å²) in [6.45, 7) is 8.18. The number of hydrogen-bond donors (Lipinski definition) is 2. The normalized spacial score (nSPS) is 23.9. The highest BCUT2D eigenvalue weighted by Crippen LogP contribution is 2.14. The molecule has 2 rings (SSSR count). The van der Waals surface area contributed by atoms with Gasteiger partial charge in [-0.05, 0) is 25.8 Å². The second kappa shape index (κ2) is 8.34. The van der Waals surface area contributed by atoms with Gasteiger partial charge in [0, 0.05) is 39.3 Å². The van der Waals surface area contributed by atoms with E-state index in [1.54, 1.807) is 0 Å². The number of rotatable bonds is 5.